The third-order valence-electron chi connectivity index (χ3n) is 3.69. The van der Waals surface area contributed by atoms with Gasteiger partial charge in [-0.1, -0.05) is 0 Å². The van der Waals surface area contributed by atoms with E-state index >= 15 is 0 Å². The highest BCUT2D eigenvalue weighted by molar-refractivity contribution is 5.96. The lowest BCUT2D eigenvalue weighted by atomic mass is 10.1. The molecule has 0 spiro atoms. The van der Waals surface area contributed by atoms with Crippen molar-refractivity contribution in [1.29, 1.82) is 0 Å². The van der Waals surface area contributed by atoms with Crippen LogP contribution in [0.5, 0.6) is 0 Å². The van der Waals surface area contributed by atoms with Crippen molar-refractivity contribution >= 4 is 17.8 Å². The molecular formula is C15H22N4O3. The number of hydrogen-bond acceptors (Lipinski definition) is 5. The second-order valence-electron chi connectivity index (χ2n) is 5.72. The normalized spacial score (nSPS) is 19.4. The van der Waals surface area contributed by atoms with Gasteiger partial charge < -0.3 is 9.64 Å². The molecule has 1 aliphatic rings. The van der Waals surface area contributed by atoms with Gasteiger partial charge in [-0.05, 0) is 26.8 Å². The zero-order valence-electron chi connectivity index (χ0n) is 13.4. The molecule has 1 saturated heterocycles. The number of anilines is 1. The third kappa shape index (κ3) is 3.79. The van der Waals surface area contributed by atoms with Gasteiger partial charge in [0.05, 0.1) is 18.6 Å². The summed E-state index contributed by atoms with van der Waals surface area (Å²) >= 11 is 0. The number of amides is 2. The Hall–Kier alpha value is -2.02. The summed E-state index contributed by atoms with van der Waals surface area (Å²) in [6.45, 7) is 6.46. The lowest BCUT2D eigenvalue weighted by molar-refractivity contribution is -0.130. The van der Waals surface area contributed by atoms with Crippen LogP contribution >= 0.6 is 0 Å². The number of carbonyl (C=O) groups is 2. The van der Waals surface area contributed by atoms with Gasteiger partial charge in [0.2, 0.25) is 17.8 Å². The molecule has 22 heavy (non-hydrogen) atoms. The van der Waals surface area contributed by atoms with Gasteiger partial charge in [0.1, 0.15) is 0 Å². The summed E-state index contributed by atoms with van der Waals surface area (Å²) < 4.78 is 5.07. The average Bonchev–Trinajstić information content (AvgIpc) is 2.80. The van der Waals surface area contributed by atoms with Gasteiger partial charge in [-0.3, -0.25) is 14.9 Å². The Kier molecular flexibility index (Phi) is 5.07. The van der Waals surface area contributed by atoms with Crippen LogP contribution in [-0.4, -0.2) is 53.0 Å². The first-order valence-electron chi connectivity index (χ1n) is 7.32. The summed E-state index contributed by atoms with van der Waals surface area (Å²) in [6.07, 6.45) is 0.213. The van der Waals surface area contributed by atoms with E-state index in [9.17, 15) is 9.59 Å². The predicted molar refractivity (Wildman–Crippen MR) is 81.3 cm³/mol. The lowest BCUT2D eigenvalue weighted by Crippen LogP contribution is -2.38. The van der Waals surface area contributed by atoms with E-state index in [1.807, 2.05) is 26.8 Å². The highest BCUT2D eigenvalue weighted by Crippen LogP contribution is 2.21. The zero-order chi connectivity index (χ0) is 16.3. The summed E-state index contributed by atoms with van der Waals surface area (Å²) in [5.74, 6) is -0.328. The van der Waals surface area contributed by atoms with E-state index in [1.54, 1.807) is 12.0 Å². The van der Waals surface area contributed by atoms with Crippen LogP contribution in [-0.2, 0) is 14.3 Å². The summed E-state index contributed by atoms with van der Waals surface area (Å²) in [5, 5.41) is 2.71. The number of aromatic nitrogens is 2. The number of rotatable bonds is 5. The monoisotopic (exact) mass is 306 g/mol. The quantitative estimate of drug-likeness (QED) is 0.874. The van der Waals surface area contributed by atoms with Crippen molar-refractivity contribution in [1.82, 2.24) is 14.9 Å². The molecule has 0 bridgehead atoms. The molecule has 2 rings (SSSR count). The maximum atomic E-state index is 12.3. The number of nitrogens with one attached hydrogen (secondary N) is 1. The van der Waals surface area contributed by atoms with Crippen LogP contribution in [0, 0.1) is 19.8 Å². The second kappa shape index (κ2) is 6.83. The Morgan fingerprint density at radius 3 is 2.68 bits per heavy atom. The lowest BCUT2D eigenvalue weighted by Gasteiger charge is -2.23. The molecule has 1 fully saturated rings. The SMILES string of the molecule is COC[C@H](C)N1C[C@H](C(=O)Nc2nc(C)cc(C)n2)CC1=O. The second-order valence-corrected chi connectivity index (χ2v) is 5.72. The van der Waals surface area contributed by atoms with E-state index < -0.39 is 0 Å². The zero-order valence-corrected chi connectivity index (χ0v) is 13.4. The Balaban J connectivity index is 2.00. The van der Waals surface area contributed by atoms with E-state index in [2.05, 4.69) is 15.3 Å². The summed E-state index contributed by atoms with van der Waals surface area (Å²) in [5.41, 5.74) is 1.58. The minimum Gasteiger partial charge on any atom is -0.383 e. The molecule has 0 saturated carbocycles. The van der Waals surface area contributed by atoms with Crippen LogP contribution in [0.2, 0.25) is 0 Å². The molecule has 1 N–H and O–H groups in total. The number of hydrogen-bond donors (Lipinski definition) is 1. The Morgan fingerprint density at radius 1 is 1.45 bits per heavy atom. The van der Waals surface area contributed by atoms with Crippen molar-refractivity contribution in [3.8, 4) is 0 Å². The van der Waals surface area contributed by atoms with Gasteiger partial charge in [-0.2, -0.15) is 0 Å². The molecule has 1 aromatic rings. The number of nitrogens with zero attached hydrogens (tertiary/aromatic N) is 3. The fourth-order valence-electron chi connectivity index (χ4n) is 2.66. The number of carbonyl (C=O) groups excluding carboxylic acids is 2. The fraction of sp³-hybridized carbons (Fsp3) is 0.600. The van der Waals surface area contributed by atoms with Crippen LogP contribution in [0.1, 0.15) is 24.7 Å². The summed E-state index contributed by atoms with van der Waals surface area (Å²) in [4.78, 5) is 34.4. The van der Waals surface area contributed by atoms with E-state index in [-0.39, 0.29) is 30.2 Å². The number of likely N-dealkylation sites (tertiary alicyclic amines) is 1. The Morgan fingerprint density at radius 2 is 2.09 bits per heavy atom. The first kappa shape index (κ1) is 16.4. The molecule has 1 aromatic heterocycles. The number of aryl methyl sites for hydroxylation is 2. The molecule has 120 valence electrons. The van der Waals surface area contributed by atoms with Gasteiger partial charge in [-0.15, -0.1) is 0 Å². The molecule has 1 aliphatic heterocycles. The predicted octanol–water partition coefficient (Wildman–Crippen LogP) is 0.915. The van der Waals surface area contributed by atoms with Gasteiger partial charge in [0, 0.05) is 31.5 Å². The van der Waals surface area contributed by atoms with E-state index in [0.29, 0.717) is 19.1 Å². The van der Waals surface area contributed by atoms with Crippen molar-refractivity contribution in [3.63, 3.8) is 0 Å². The van der Waals surface area contributed by atoms with Crippen LogP contribution in [0.4, 0.5) is 5.95 Å². The molecule has 2 atom stereocenters. The van der Waals surface area contributed by atoms with E-state index in [0.717, 1.165) is 11.4 Å². The topological polar surface area (TPSA) is 84.4 Å². The maximum absolute atomic E-state index is 12.3. The fourth-order valence-corrected chi connectivity index (χ4v) is 2.66. The van der Waals surface area contributed by atoms with Crippen LogP contribution < -0.4 is 5.32 Å². The molecule has 0 unspecified atom stereocenters. The number of ether oxygens (including phenoxy) is 1. The number of methoxy groups -OCH3 is 1. The van der Waals surface area contributed by atoms with Crippen molar-refractivity contribution in [2.45, 2.75) is 33.2 Å². The first-order valence-corrected chi connectivity index (χ1v) is 7.32. The standard InChI is InChI=1S/C15H22N4O3/c1-9-5-10(2)17-15(16-9)18-14(21)12-6-13(20)19(7-12)11(3)8-22-4/h5,11-12H,6-8H2,1-4H3,(H,16,17,18,21)/t11-,12+/m0/s1. The van der Waals surface area contributed by atoms with Crippen molar-refractivity contribution in [3.05, 3.63) is 17.5 Å². The smallest absolute Gasteiger partial charge is 0.232 e. The minimum atomic E-state index is -0.378. The molecule has 0 aliphatic carbocycles. The highest BCUT2D eigenvalue weighted by atomic mass is 16.5. The summed E-state index contributed by atoms with van der Waals surface area (Å²) in [7, 11) is 1.60. The van der Waals surface area contributed by atoms with Crippen LogP contribution in [0.25, 0.3) is 0 Å². The van der Waals surface area contributed by atoms with Crippen molar-refractivity contribution < 1.29 is 14.3 Å². The van der Waals surface area contributed by atoms with E-state index in [4.69, 9.17) is 4.74 Å². The van der Waals surface area contributed by atoms with E-state index in [1.165, 1.54) is 0 Å². The molecule has 7 heteroatoms. The Bertz CT molecular complexity index is 556. The first-order chi connectivity index (χ1) is 10.4. The maximum Gasteiger partial charge on any atom is 0.232 e. The van der Waals surface area contributed by atoms with Crippen LogP contribution in [0.15, 0.2) is 6.07 Å². The molecular weight excluding hydrogens is 284 g/mol. The highest BCUT2D eigenvalue weighted by Gasteiger charge is 2.36. The Labute approximate surface area is 130 Å². The van der Waals surface area contributed by atoms with Gasteiger partial charge >= 0.3 is 0 Å². The molecule has 7 nitrogen and oxygen atoms in total. The van der Waals surface area contributed by atoms with Gasteiger partial charge in [0.15, 0.2) is 0 Å². The molecule has 2 amide bonds. The largest absolute Gasteiger partial charge is 0.383 e. The molecule has 0 aromatic carbocycles. The third-order valence-corrected chi connectivity index (χ3v) is 3.69. The average molecular weight is 306 g/mol. The molecule has 2 heterocycles. The summed E-state index contributed by atoms with van der Waals surface area (Å²) in [6, 6.07) is 1.80. The van der Waals surface area contributed by atoms with Gasteiger partial charge in [0.25, 0.3) is 0 Å². The molecule has 0 radical (unpaired) electrons. The minimum absolute atomic E-state index is 0.0222. The van der Waals surface area contributed by atoms with Crippen molar-refractivity contribution in [2.24, 2.45) is 5.92 Å². The van der Waals surface area contributed by atoms with Crippen molar-refractivity contribution in [2.75, 3.05) is 25.6 Å². The van der Waals surface area contributed by atoms with Crippen LogP contribution in [0.3, 0.4) is 0 Å². The van der Waals surface area contributed by atoms with Gasteiger partial charge in [-0.25, -0.2) is 9.97 Å².